The molecule has 3 aromatic rings. The van der Waals surface area contributed by atoms with E-state index in [1.165, 1.54) is 45.4 Å². The molecule has 160 valence electrons. The summed E-state index contributed by atoms with van der Waals surface area (Å²) in [5.41, 5.74) is -3.53. The molecule has 0 radical (unpaired) electrons. The van der Waals surface area contributed by atoms with E-state index in [9.17, 15) is 22.7 Å². The first-order chi connectivity index (χ1) is 14.0. The maximum atomic E-state index is 14.1. The average molecular weight is 423 g/mol. The zero-order chi connectivity index (χ0) is 22.2. The summed E-state index contributed by atoms with van der Waals surface area (Å²) in [7, 11) is 1.24. The number of methoxy groups -OCH3 is 1. The fourth-order valence-electron chi connectivity index (χ4n) is 3.48. The number of aliphatic hydroxyl groups is 1. The van der Waals surface area contributed by atoms with E-state index in [-0.39, 0.29) is 17.0 Å². The van der Waals surface area contributed by atoms with E-state index < -0.39 is 29.4 Å². The number of ether oxygens (including phenoxy) is 1. The van der Waals surface area contributed by atoms with Gasteiger partial charge in [0.1, 0.15) is 0 Å². The Hall–Kier alpha value is -2.94. The number of hydrogen-bond donors (Lipinski definition) is 2. The molecule has 0 aliphatic rings. The summed E-state index contributed by atoms with van der Waals surface area (Å²) < 4.78 is 60.9. The van der Waals surface area contributed by atoms with E-state index >= 15 is 0 Å². The molecule has 0 fully saturated rings. The first-order valence-corrected chi connectivity index (χ1v) is 9.08. The van der Waals surface area contributed by atoms with Crippen LogP contribution in [0.25, 0.3) is 10.9 Å². The van der Waals surface area contributed by atoms with E-state index in [0.717, 1.165) is 6.07 Å². The maximum absolute atomic E-state index is 14.1. The van der Waals surface area contributed by atoms with Gasteiger partial charge in [0.05, 0.1) is 24.5 Å². The third-order valence-corrected chi connectivity index (χ3v) is 4.98. The molecule has 0 saturated carbocycles. The van der Waals surface area contributed by atoms with Gasteiger partial charge in [-0.05, 0) is 30.0 Å². The normalized spacial score (nSPS) is 14.9. The predicted octanol–water partition coefficient (Wildman–Crippen LogP) is 5.07. The topological polar surface area (TPSA) is 70.5 Å². The lowest BCUT2D eigenvalue weighted by atomic mass is 9.74. The first kappa shape index (κ1) is 21.8. The molecule has 1 aromatic heterocycles. The van der Waals surface area contributed by atoms with Gasteiger partial charge < -0.3 is 9.84 Å². The Bertz CT molecular complexity index is 1080. The highest BCUT2D eigenvalue weighted by atomic mass is 19.4. The van der Waals surface area contributed by atoms with Crippen LogP contribution in [0.3, 0.4) is 0 Å². The smallest absolute Gasteiger partial charge is 0.422 e. The van der Waals surface area contributed by atoms with Gasteiger partial charge in [-0.25, -0.2) is 4.39 Å². The largest absolute Gasteiger partial charge is 0.493 e. The van der Waals surface area contributed by atoms with Crippen molar-refractivity contribution in [2.75, 3.05) is 7.11 Å². The SMILES string of the molecule is COc1c(F)cccc1C(C)(C)CC(O)(C=Nc1cccc2[nH]ncc12)C(F)(F)F. The minimum absolute atomic E-state index is 0.160. The van der Waals surface area contributed by atoms with Crippen molar-refractivity contribution in [3.8, 4) is 5.75 Å². The summed E-state index contributed by atoms with van der Waals surface area (Å²) in [6.07, 6.45) is -3.88. The zero-order valence-corrected chi connectivity index (χ0v) is 16.6. The second kappa shape index (κ2) is 7.71. The van der Waals surface area contributed by atoms with Crippen LogP contribution in [0.4, 0.5) is 23.2 Å². The fraction of sp³-hybridized carbons (Fsp3) is 0.333. The molecule has 2 aromatic carbocycles. The summed E-state index contributed by atoms with van der Waals surface area (Å²) in [6, 6.07) is 8.85. The Morgan fingerprint density at radius 3 is 2.53 bits per heavy atom. The van der Waals surface area contributed by atoms with Crippen molar-refractivity contribution in [3.05, 3.63) is 54.0 Å². The number of rotatable bonds is 6. The summed E-state index contributed by atoms with van der Waals surface area (Å²) in [5, 5.41) is 17.7. The van der Waals surface area contributed by atoms with Crippen molar-refractivity contribution < 1.29 is 27.4 Å². The summed E-state index contributed by atoms with van der Waals surface area (Å²) in [6.45, 7) is 2.96. The molecule has 30 heavy (non-hydrogen) atoms. The van der Waals surface area contributed by atoms with Gasteiger partial charge in [-0.2, -0.15) is 18.3 Å². The molecule has 1 heterocycles. The predicted molar refractivity (Wildman–Crippen MR) is 106 cm³/mol. The highest BCUT2D eigenvalue weighted by Gasteiger charge is 2.55. The van der Waals surface area contributed by atoms with Gasteiger partial charge in [-0.1, -0.05) is 32.0 Å². The van der Waals surface area contributed by atoms with Crippen LogP contribution in [-0.2, 0) is 5.41 Å². The van der Waals surface area contributed by atoms with E-state index in [1.54, 1.807) is 12.1 Å². The highest BCUT2D eigenvalue weighted by molar-refractivity contribution is 5.91. The summed E-state index contributed by atoms with van der Waals surface area (Å²) in [5.74, 6) is -0.856. The van der Waals surface area contributed by atoms with Crippen molar-refractivity contribution in [2.24, 2.45) is 4.99 Å². The van der Waals surface area contributed by atoms with Crippen LogP contribution >= 0.6 is 0 Å². The molecular formula is C21H21F4N3O2. The molecule has 0 saturated heterocycles. The van der Waals surface area contributed by atoms with E-state index in [1.807, 2.05) is 0 Å². The molecule has 9 heteroatoms. The summed E-state index contributed by atoms with van der Waals surface area (Å²) in [4.78, 5) is 3.92. The van der Waals surface area contributed by atoms with Gasteiger partial charge in [0, 0.05) is 17.2 Å². The van der Waals surface area contributed by atoms with Crippen molar-refractivity contribution in [2.45, 2.75) is 37.5 Å². The molecule has 0 amide bonds. The van der Waals surface area contributed by atoms with Crippen molar-refractivity contribution in [3.63, 3.8) is 0 Å². The Morgan fingerprint density at radius 1 is 1.17 bits per heavy atom. The number of aliphatic imine (C=N–C) groups is 1. The zero-order valence-electron chi connectivity index (χ0n) is 16.6. The molecule has 2 N–H and O–H groups in total. The van der Waals surface area contributed by atoms with Crippen LogP contribution in [0.5, 0.6) is 5.75 Å². The Labute approximate surface area is 170 Å². The van der Waals surface area contributed by atoms with Crippen LogP contribution < -0.4 is 4.74 Å². The number of hydrogen-bond acceptors (Lipinski definition) is 4. The maximum Gasteiger partial charge on any atom is 0.422 e. The van der Waals surface area contributed by atoms with Gasteiger partial charge >= 0.3 is 6.18 Å². The fourth-order valence-corrected chi connectivity index (χ4v) is 3.48. The third kappa shape index (κ3) is 4.02. The lowest BCUT2D eigenvalue weighted by molar-refractivity contribution is -0.234. The van der Waals surface area contributed by atoms with Crippen LogP contribution in [0, 0.1) is 5.82 Å². The standard InChI is InChI=1S/C21H21F4N3O2/c1-19(2,14-6-4-7-15(22)18(14)30-3)11-20(29,21(23,24)25)12-26-16-8-5-9-17-13(16)10-27-28-17/h4-10,12,29H,11H2,1-3H3,(H,27,28). The van der Waals surface area contributed by atoms with Crippen LogP contribution in [-0.4, -0.2) is 40.4 Å². The molecular weight excluding hydrogens is 402 g/mol. The molecule has 1 unspecified atom stereocenters. The van der Waals surface area contributed by atoms with Gasteiger partial charge in [-0.15, -0.1) is 0 Å². The lowest BCUT2D eigenvalue weighted by Crippen LogP contribution is -2.50. The number of para-hydroxylation sites is 1. The Balaban J connectivity index is 2.02. The number of benzene rings is 2. The van der Waals surface area contributed by atoms with Crippen LogP contribution in [0.15, 0.2) is 47.6 Å². The van der Waals surface area contributed by atoms with E-state index in [0.29, 0.717) is 17.1 Å². The molecule has 0 bridgehead atoms. The molecule has 0 aliphatic heterocycles. The lowest BCUT2D eigenvalue weighted by Gasteiger charge is -2.36. The van der Waals surface area contributed by atoms with Gasteiger partial charge in [0.25, 0.3) is 0 Å². The molecule has 0 aliphatic carbocycles. The number of nitrogens with one attached hydrogen (secondary N) is 1. The molecule has 5 nitrogen and oxygen atoms in total. The van der Waals surface area contributed by atoms with E-state index in [4.69, 9.17) is 4.74 Å². The second-order valence-corrected chi connectivity index (χ2v) is 7.67. The Morgan fingerprint density at radius 2 is 1.87 bits per heavy atom. The number of aromatic nitrogens is 2. The van der Waals surface area contributed by atoms with Crippen LogP contribution in [0.2, 0.25) is 0 Å². The number of fused-ring (bicyclic) bond motifs is 1. The number of aromatic amines is 1. The number of halogens is 4. The summed E-state index contributed by atoms with van der Waals surface area (Å²) >= 11 is 0. The number of alkyl halides is 3. The second-order valence-electron chi connectivity index (χ2n) is 7.67. The quantitative estimate of drug-likeness (QED) is 0.429. The number of nitrogens with zero attached hydrogens (tertiary/aromatic N) is 2. The van der Waals surface area contributed by atoms with Gasteiger partial charge in [-0.3, -0.25) is 10.1 Å². The first-order valence-electron chi connectivity index (χ1n) is 9.08. The highest BCUT2D eigenvalue weighted by Crippen LogP contribution is 2.43. The van der Waals surface area contributed by atoms with Crippen molar-refractivity contribution >= 4 is 22.8 Å². The van der Waals surface area contributed by atoms with Crippen molar-refractivity contribution in [1.29, 1.82) is 0 Å². The van der Waals surface area contributed by atoms with Gasteiger partial charge in [0.2, 0.25) is 0 Å². The monoisotopic (exact) mass is 423 g/mol. The molecule has 3 rings (SSSR count). The number of H-pyrrole nitrogens is 1. The molecule has 1 atom stereocenters. The third-order valence-electron chi connectivity index (χ3n) is 4.98. The minimum atomic E-state index is -5.02. The molecule has 0 spiro atoms. The Kier molecular flexibility index (Phi) is 5.60. The van der Waals surface area contributed by atoms with Gasteiger partial charge in [0.15, 0.2) is 17.2 Å². The van der Waals surface area contributed by atoms with Crippen LogP contribution in [0.1, 0.15) is 25.8 Å². The van der Waals surface area contributed by atoms with E-state index in [2.05, 4.69) is 15.2 Å². The minimum Gasteiger partial charge on any atom is -0.493 e. The average Bonchev–Trinajstić information content (AvgIpc) is 3.14. The van der Waals surface area contributed by atoms with Crippen molar-refractivity contribution in [1.82, 2.24) is 10.2 Å².